The molecule has 88 valence electrons. The normalized spacial score (nSPS) is 19.4. The van der Waals surface area contributed by atoms with Crippen LogP contribution in [0.25, 0.3) is 0 Å². The van der Waals surface area contributed by atoms with Crippen LogP contribution in [0.15, 0.2) is 28.7 Å². The van der Waals surface area contributed by atoms with E-state index in [1.165, 1.54) is 11.5 Å². The van der Waals surface area contributed by atoms with Crippen molar-refractivity contribution in [3.8, 4) is 0 Å². The van der Waals surface area contributed by atoms with Crippen LogP contribution in [0.3, 0.4) is 0 Å². The highest BCUT2D eigenvalue weighted by Gasteiger charge is 2.30. The van der Waals surface area contributed by atoms with Gasteiger partial charge in [-0.3, -0.25) is 0 Å². The minimum Gasteiger partial charge on any atom is -0.377 e. The van der Waals surface area contributed by atoms with Gasteiger partial charge in [0.2, 0.25) is 0 Å². The topological polar surface area (TPSA) is 38.0 Å². The van der Waals surface area contributed by atoms with Gasteiger partial charge in [0.1, 0.15) is 0 Å². The van der Waals surface area contributed by atoms with Crippen molar-refractivity contribution >= 4 is 33.4 Å². The van der Waals surface area contributed by atoms with Crippen LogP contribution in [-0.2, 0) is 0 Å². The first-order valence-corrected chi connectivity index (χ1v) is 7.51. The number of thioether (sulfide) groups is 1. The lowest BCUT2D eigenvalue weighted by atomic mass is 9.92. The number of para-hydroxylation sites is 1. The Bertz CT molecular complexity index is 351. The molecule has 0 radical (unpaired) electrons. The molecule has 1 saturated heterocycles. The second kappa shape index (κ2) is 5.43. The first-order chi connectivity index (χ1) is 7.76. The van der Waals surface area contributed by atoms with Crippen LogP contribution in [0.2, 0.25) is 0 Å². The van der Waals surface area contributed by atoms with E-state index in [1.807, 2.05) is 17.8 Å². The Kier molecular flexibility index (Phi) is 4.16. The second-order valence-electron chi connectivity index (χ2n) is 4.20. The van der Waals surface area contributed by atoms with Gasteiger partial charge in [-0.25, -0.2) is 0 Å². The highest BCUT2D eigenvalue weighted by molar-refractivity contribution is 9.10. The van der Waals surface area contributed by atoms with E-state index in [4.69, 9.17) is 5.73 Å². The predicted molar refractivity (Wildman–Crippen MR) is 76.1 cm³/mol. The Labute approximate surface area is 109 Å². The molecule has 0 spiro atoms. The lowest BCUT2D eigenvalue weighted by molar-refractivity contribution is 0.443. The number of rotatable bonds is 3. The number of nitrogens with one attached hydrogen (secondary N) is 1. The molecule has 16 heavy (non-hydrogen) atoms. The fourth-order valence-corrected chi connectivity index (χ4v) is 3.65. The Morgan fingerprint density at radius 1 is 1.31 bits per heavy atom. The third kappa shape index (κ3) is 2.73. The van der Waals surface area contributed by atoms with E-state index in [0.717, 1.165) is 23.0 Å². The molecule has 0 amide bonds. The van der Waals surface area contributed by atoms with Crippen molar-refractivity contribution in [2.24, 2.45) is 5.73 Å². The summed E-state index contributed by atoms with van der Waals surface area (Å²) >= 11 is 5.59. The van der Waals surface area contributed by atoms with Gasteiger partial charge in [-0.1, -0.05) is 12.1 Å². The van der Waals surface area contributed by atoms with Crippen LogP contribution in [0.4, 0.5) is 5.69 Å². The van der Waals surface area contributed by atoms with Crippen LogP contribution in [0.1, 0.15) is 12.8 Å². The summed E-state index contributed by atoms with van der Waals surface area (Å²) in [5.41, 5.74) is 7.19. The third-order valence-corrected chi connectivity index (χ3v) is 4.79. The fourth-order valence-electron chi connectivity index (χ4n) is 1.99. The Morgan fingerprint density at radius 3 is 2.62 bits per heavy atom. The maximum Gasteiger partial charge on any atom is 0.0511 e. The molecule has 2 rings (SSSR count). The molecule has 1 aromatic carbocycles. The van der Waals surface area contributed by atoms with E-state index < -0.39 is 0 Å². The molecular formula is C12H17BrN2S. The molecule has 4 heteroatoms. The van der Waals surface area contributed by atoms with E-state index in [9.17, 15) is 0 Å². The zero-order valence-corrected chi connectivity index (χ0v) is 11.6. The van der Waals surface area contributed by atoms with E-state index >= 15 is 0 Å². The summed E-state index contributed by atoms with van der Waals surface area (Å²) in [6, 6.07) is 8.24. The number of anilines is 1. The Morgan fingerprint density at radius 2 is 2.00 bits per heavy atom. The Hall–Kier alpha value is -0.190. The van der Waals surface area contributed by atoms with Crippen molar-refractivity contribution < 1.29 is 0 Å². The number of benzene rings is 1. The molecule has 1 aromatic rings. The molecule has 0 aromatic heterocycles. The smallest absolute Gasteiger partial charge is 0.0511 e. The first kappa shape index (κ1) is 12.3. The third-order valence-electron chi connectivity index (χ3n) is 3.11. The van der Waals surface area contributed by atoms with Gasteiger partial charge in [0.15, 0.2) is 0 Å². The highest BCUT2D eigenvalue weighted by atomic mass is 79.9. The standard InChI is InChI=1S/C12H17BrN2S/c13-10-3-1-2-4-11(10)15-12(9-14)5-7-16-8-6-12/h1-4,15H,5-9,14H2. The summed E-state index contributed by atoms with van der Waals surface area (Å²) in [6.07, 6.45) is 2.30. The van der Waals surface area contributed by atoms with Crippen LogP contribution in [0.5, 0.6) is 0 Å². The van der Waals surface area contributed by atoms with Crippen molar-refractivity contribution in [2.75, 3.05) is 23.4 Å². The van der Waals surface area contributed by atoms with Crippen molar-refractivity contribution in [1.29, 1.82) is 0 Å². The summed E-state index contributed by atoms with van der Waals surface area (Å²) in [5.74, 6) is 2.41. The van der Waals surface area contributed by atoms with Crippen molar-refractivity contribution in [3.63, 3.8) is 0 Å². The lowest BCUT2D eigenvalue weighted by Gasteiger charge is -2.38. The number of halogens is 1. The number of hydrogen-bond donors (Lipinski definition) is 2. The molecule has 0 atom stereocenters. The summed E-state index contributed by atoms with van der Waals surface area (Å²) in [6.45, 7) is 0.703. The predicted octanol–water partition coefficient (Wildman–Crippen LogP) is 3.09. The zero-order chi connectivity index (χ0) is 11.4. The minimum atomic E-state index is 0.0924. The lowest BCUT2D eigenvalue weighted by Crippen LogP contribution is -2.48. The van der Waals surface area contributed by atoms with E-state index in [-0.39, 0.29) is 5.54 Å². The number of nitrogens with two attached hydrogens (primary N) is 1. The van der Waals surface area contributed by atoms with Gasteiger partial charge in [0.05, 0.1) is 5.54 Å². The van der Waals surface area contributed by atoms with Crippen LogP contribution in [-0.4, -0.2) is 23.6 Å². The van der Waals surface area contributed by atoms with E-state index in [0.29, 0.717) is 6.54 Å². The van der Waals surface area contributed by atoms with Gasteiger partial charge in [-0.05, 0) is 52.4 Å². The molecule has 2 nitrogen and oxygen atoms in total. The average molecular weight is 301 g/mol. The second-order valence-corrected chi connectivity index (χ2v) is 6.28. The number of hydrogen-bond acceptors (Lipinski definition) is 3. The van der Waals surface area contributed by atoms with Gasteiger partial charge in [0, 0.05) is 16.7 Å². The molecule has 0 aliphatic carbocycles. The molecule has 0 bridgehead atoms. The van der Waals surface area contributed by atoms with Crippen molar-refractivity contribution in [3.05, 3.63) is 28.7 Å². The van der Waals surface area contributed by atoms with Gasteiger partial charge in [-0.2, -0.15) is 11.8 Å². The Balaban J connectivity index is 2.15. The fraction of sp³-hybridized carbons (Fsp3) is 0.500. The minimum absolute atomic E-state index is 0.0924. The molecule has 1 fully saturated rings. The highest BCUT2D eigenvalue weighted by Crippen LogP contribution is 2.32. The molecule has 0 saturated carbocycles. The van der Waals surface area contributed by atoms with Gasteiger partial charge < -0.3 is 11.1 Å². The van der Waals surface area contributed by atoms with Crippen molar-refractivity contribution in [2.45, 2.75) is 18.4 Å². The first-order valence-electron chi connectivity index (χ1n) is 5.56. The average Bonchev–Trinajstić information content (AvgIpc) is 2.33. The molecule has 3 N–H and O–H groups in total. The quantitative estimate of drug-likeness (QED) is 0.901. The SMILES string of the molecule is NCC1(Nc2ccccc2Br)CCSCC1. The van der Waals surface area contributed by atoms with Crippen LogP contribution >= 0.6 is 27.7 Å². The van der Waals surface area contributed by atoms with Gasteiger partial charge in [-0.15, -0.1) is 0 Å². The van der Waals surface area contributed by atoms with Crippen molar-refractivity contribution in [1.82, 2.24) is 0 Å². The molecule has 1 aliphatic heterocycles. The zero-order valence-electron chi connectivity index (χ0n) is 9.21. The summed E-state index contributed by atoms with van der Waals surface area (Å²) in [5, 5.41) is 3.63. The largest absolute Gasteiger partial charge is 0.377 e. The maximum absolute atomic E-state index is 5.95. The van der Waals surface area contributed by atoms with E-state index in [1.54, 1.807) is 0 Å². The van der Waals surface area contributed by atoms with Gasteiger partial charge >= 0.3 is 0 Å². The van der Waals surface area contributed by atoms with Crippen LogP contribution < -0.4 is 11.1 Å². The summed E-state index contributed by atoms with van der Waals surface area (Å²) in [4.78, 5) is 0. The van der Waals surface area contributed by atoms with E-state index in [2.05, 4.69) is 39.4 Å². The van der Waals surface area contributed by atoms with Crippen LogP contribution in [0, 0.1) is 0 Å². The summed E-state index contributed by atoms with van der Waals surface area (Å²) in [7, 11) is 0. The molecule has 0 unspecified atom stereocenters. The maximum atomic E-state index is 5.95. The molecular weight excluding hydrogens is 284 g/mol. The monoisotopic (exact) mass is 300 g/mol. The molecule has 1 heterocycles. The molecule has 1 aliphatic rings. The van der Waals surface area contributed by atoms with Gasteiger partial charge in [0.25, 0.3) is 0 Å². The summed E-state index contributed by atoms with van der Waals surface area (Å²) < 4.78 is 1.11.